The Morgan fingerprint density at radius 2 is 1.00 bits per heavy atom. The minimum Gasteiger partial charge on any atom is -0.309 e. The molecule has 0 spiro atoms. The molecule has 0 N–H and O–H groups in total. The summed E-state index contributed by atoms with van der Waals surface area (Å²) in [6.45, 7) is 5.88. The largest absolute Gasteiger partial charge is 0.309 e. The molecular weight excluding hydrogens is 254 g/mol. The summed E-state index contributed by atoms with van der Waals surface area (Å²) in [5, 5.41) is 0. The zero-order valence-corrected chi connectivity index (χ0v) is 15.6. The summed E-state index contributed by atoms with van der Waals surface area (Å²) in [6, 6.07) is 0. The van der Waals surface area contributed by atoms with Crippen LogP contribution in [0.5, 0.6) is 0 Å². The molecule has 0 bridgehead atoms. The minimum absolute atomic E-state index is 1.01. The predicted octanol–water partition coefficient (Wildman–Crippen LogP) is 6.67. The third kappa shape index (κ3) is 16.2. The van der Waals surface area contributed by atoms with Crippen molar-refractivity contribution in [3.8, 4) is 0 Å². The van der Waals surface area contributed by atoms with Crippen molar-refractivity contribution in [2.75, 3.05) is 20.6 Å². The van der Waals surface area contributed by atoms with Crippen LogP contribution in [0.25, 0.3) is 0 Å². The summed E-state index contributed by atoms with van der Waals surface area (Å²) in [4.78, 5) is 2.33. The highest BCUT2D eigenvalue weighted by atomic mass is 15.0. The molecule has 1 unspecified atom stereocenters. The van der Waals surface area contributed by atoms with Gasteiger partial charge in [0, 0.05) is 0 Å². The van der Waals surface area contributed by atoms with Gasteiger partial charge in [-0.15, -0.1) is 0 Å². The number of rotatable bonds is 16. The van der Waals surface area contributed by atoms with E-state index in [1.807, 2.05) is 0 Å². The smallest absolute Gasteiger partial charge is 0.00247 e. The van der Waals surface area contributed by atoms with E-state index in [2.05, 4.69) is 32.8 Å². The van der Waals surface area contributed by atoms with E-state index in [9.17, 15) is 0 Å². The Kier molecular flexibility index (Phi) is 16.3. The van der Waals surface area contributed by atoms with E-state index in [0.717, 1.165) is 5.92 Å². The number of nitrogens with zero attached hydrogens (tertiary/aromatic N) is 1. The van der Waals surface area contributed by atoms with E-state index < -0.39 is 0 Å². The Morgan fingerprint density at radius 1 is 0.571 bits per heavy atom. The van der Waals surface area contributed by atoms with E-state index in [-0.39, 0.29) is 0 Å². The molecule has 0 radical (unpaired) electrons. The molecule has 0 aromatic rings. The predicted molar refractivity (Wildman–Crippen MR) is 98.0 cm³/mol. The molecular formula is C20H43N. The number of unbranched alkanes of at least 4 members (excludes halogenated alkanes) is 8. The van der Waals surface area contributed by atoms with E-state index in [1.165, 1.54) is 96.4 Å². The van der Waals surface area contributed by atoms with Crippen LogP contribution >= 0.6 is 0 Å². The molecule has 0 saturated carbocycles. The second-order valence-electron chi connectivity index (χ2n) is 7.22. The molecule has 21 heavy (non-hydrogen) atoms. The highest BCUT2D eigenvalue weighted by Crippen LogP contribution is 2.23. The summed E-state index contributed by atoms with van der Waals surface area (Å²) < 4.78 is 0. The van der Waals surface area contributed by atoms with Gasteiger partial charge in [-0.25, -0.2) is 0 Å². The van der Waals surface area contributed by atoms with Crippen molar-refractivity contribution in [3.63, 3.8) is 0 Å². The first kappa shape index (κ1) is 21.0. The lowest BCUT2D eigenvalue weighted by Crippen LogP contribution is -2.14. The van der Waals surface area contributed by atoms with Crippen LogP contribution in [0.15, 0.2) is 0 Å². The molecule has 0 aliphatic heterocycles. The molecule has 0 saturated heterocycles. The molecule has 1 atom stereocenters. The van der Waals surface area contributed by atoms with Crippen LogP contribution in [0.3, 0.4) is 0 Å². The van der Waals surface area contributed by atoms with Crippen molar-refractivity contribution in [3.05, 3.63) is 0 Å². The molecule has 128 valence electrons. The van der Waals surface area contributed by atoms with Crippen LogP contribution in [0, 0.1) is 5.92 Å². The van der Waals surface area contributed by atoms with Gasteiger partial charge < -0.3 is 4.90 Å². The first-order valence-electron chi connectivity index (χ1n) is 9.85. The number of hydrogen-bond acceptors (Lipinski definition) is 1. The third-order valence-corrected chi connectivity index (χ3v) is 4.65. The van der Waals surface area contributed by atoms with Crippen LogP contribution in [-0.2, 0) is 0 Å². The first-order chi connectivity index (χ1) is 10.2. The standard InChI is InChI=1S/C20H43N/c1-5-7-9-11-12-14-17-20(16-13-10-8-6-2)18-15-19-21(3)4/h20H,5-19H2,1-4H3. The maximum atomic E-state index is 2.33. The normalized spacial score (nSPS) is 13.0. The van der Waals surface area contributed by atoms with Crippen molar-refractivity contribution < 1.29 is 0 Å². The van der Waals surface area contributed by atoms with Crippen LogP contribution in [-0.4, -0.2) is 25.5 Å². The van der Waals surface area contributed by atoms with Gasteiger partial charge in [0.05, 0.1) is 0 Å². The molecule has 0 aliphatic carbocycles. The number of hydrogen-bond donors (Lipinski definition) is 0. The Bertz CT molecular complexity index is 188. The molecule has 0 heterocycles. The Morgan fingerprint density at radius 3 is 1.52 bits per heavy atom. The molecule has 0 fully saturated rings. The fourth-order valence-electron chi connectivity index (χ4n) is 3.20. The highest BCUT2D eigenvalue weighted by molar-refractivity contribution is 4.62. The fourth-order valence-corrected chi connectivity index (χ4v) is 3.20. The van der Waals surface area contributed by atoms with E-state index in [0.29, 0.717) is 0 Å². The SMILES string of the molecule is CCCCCCCCC(CCCCCC)CCCN(C)C. The van der Waals surface area contributed by atoms with Gasteiger partial charge in [-0.1, -0.05) is 90.9 Å². The van der Waals surface area contributed by atoms with Gasteiger partial charge in [0.1, 0.15) is 0 Å². The molecule has 1 heteroatoms. The Labute approximate surface area is 135 Å². The van der Waals surface area contributed by atoms with Crippen LogP contribution in [0.1, 0.15) is 104 Å². The Balaban J connectivity index is 3.72. The maximum Gasteiger partial charge on any atom is -0.00247 e. The summed E-state index contributed by atoms with van der Waals surface area (Å²) in [5.41, 5.74) is 0. The molecule has 0 aliphatic rings. The minimum atomic E-state index is 1.01. The van der Waals surface area contributed by atoms with E-state index >= 15 is 0 Å². The average molecular weight is 298 g/mol. The van der Waals surface area contributed by atoms with Gasteiger partial charge in [0.2, 0.25) is 0 Å². The van der Waals surface area contributed by atoms with Gasteiger partial charge in [-0.05, 0) is 39.4 Å². The summed E-state index contributed by atoms with van der Waals surface area (Å²) in [6.07, 6.45) is 20.2. The van der Waals surface area contributed by atoms with Crippen molar-refractivity contribution in [1.29, 1.82) is 0 Å². The Hall–Kier alpha value is -0.0400. The van der Waals surface area contributed by atoms with E-state index in [1.54, 1.807) is 0 Å². The lowest BCUT2D eigenvalue weighted by atomic mass is 9.90. The summed E-state index contributed by atoms with van der Waals surface area (Å²) >= 11 is 0. The third-order valence-electron chi connectivity index (χ3n) is 4.65. The topological polar surface area (TPSA) is 3.24 Å². The van der Waals surface area contributed by atoms with Crippen molar-refractivity contribution in [2.45, 2.75) is 104 Å². The van der Waals surface area contributed by atoms with Gasteiger partial charge in [-0.2, -0.15) is 0 Å². The van der Waals surface area contributed by atoms with Gasteiger partial charge in [0.25, 0.3) is 0 Å². The average Bonchev–Trinajstić information content (AvgIpc) is 2.46. The van der Waals surface area contributed by atoms with Crippen molar-refractivity contribution in [1.82, 2.24) is 4.90 Å². The zero-order valence-electron chi connectivity index (χ0n) is 15.6. The fraction of sp³-hybridized carbons (Fsp3) is 1.00. The van der Waals surface area contributed by atoms with Crippen molar-refractivity contribution >= 4 is 0 Å². The highest BCUT2D eigenvalue weighted by Gasteiger charge is 2.08. The molecule has 0 aromatic carbocycles. The quantitative estimate of drug-likeness (QED) is 0.288. The lowest BCUT2D eigenvalue weighted by Gasteiger charge is -2.18. The van der Waals surface area contributed by atoms with Crippen LogP contribution < -0.4 is 0 Å². The lowest BCUT2D eigenvalue weighted by molar-refractivity contribution is 0.332. The van der Waals surface area contributed by atoms with E-state index in [4.69, 9.17) is 0 Å². The molecule has 1 nitrogen and oxygen atoms in total. The molecule has 0 amide bonds. The van der Waals surface area contributed by atoms with Crippen molar-refractivity contribution in [2.24, 2.45) is 5.92 Å². The summed E-state index contributed by atoms with van der Waals surface area (Å²) in [7, 11) is 4.40. The van der Waals surface area contributed by atoms with Gasteiger partial charge in [0.15, 0.2) is 0 Å². The zero-order chi connectivity index (χ0) is 15.8. The molecule has 0 rings (SSSR count). The maximum absolute atomic E-state index is 2.33. The van der Waals surface area contributed by atoms with Crippen LogP contribution in [0.2, 0.25) is 0 Å². The molecule has 0 aromatic heterocycles. The van der Waals surface area contributed by atoms with Crippen LogP contribution in [0.4, 0.5) is 0 Å². The van der Waals surface area contributed by atoms with Gasteiger partial charge >= 0.3 is 0 Å². The second kappa shape index (κ2) is 16.3. The summed E-state index contributed by atoms with van der Waals surface area (Å²) in [5.74, 6) is 1.01. The first-order valence-corrected chi connectivity index (χ1v) is 9.85. The monoisotopic (exact) mass is 297 g/mol. The second-order valence-corrected chi connectivity index (χ2v) is 7.22. The van der Waals surface area contributed by atoms with Gasteiger partial charge in [-0.3, -0.25) is 0 Å².